The number of amides is 1. The lowest BCUT2D eigenvalue weighted by Gasteiger charge is -2.17. The van der Waals surface area contributed by atoms with E-state index >= 15 is 0 Å². The molecule has 1 amide bonds. The zero-order chi connectivity index (χ0) is 26.5. The summed E-state index contributed by atoms with van der Waals surface area (Å²) in [6, 6.07) is 32.4. The molecule has 1 atom stereocenters. The number of imidazole rings is 1. The molecule has 192 valence electrons. The second-order valence-electron chi connectivity index (χ2n) is 9.73. The number of nitrogens with one attached hydrogen (secondary N) is 1. The number of hydrogen-bond acceptors (Lipinski definition) is 3. The topological polar surface area (TPSA) is 56.1 Å². The molecule has 0 saturated carbocycles. The van der Waals surface area contributed by atoms with Crippen molar-refractivity contribution < 1.29 is 9.53 Å². The Hall–Kier alpha value is -4.38. The Bertz CT molecular complexity index is 1540. The molecule has 5 heteroatoms. The Balaban J connectivity index is 1.26. The van der Waals surface area contributed by atoms with Crippen LogP contribution in [0, 0.1) is 13.8 Å². The van der Waals surface area contributed by atoms with E-state index < -0.39 is 0 Å². The number of hydrogen-bond donors (Lipinski definition) is 1. The fourth-order valence-corrected chi connectivity index (χ4v) is 4.71. The van der Waals surface area contributed by atoms with E-state index in [-0.39, 0.29) is 11.9 Å². The molecule has 1 heterocycles. The number of para-hydroxylation sites is 2. The fourth-order valence-electron chi connectivity index (χ4n) is 4.71. The van der Waals surface area contributed by atoms with Gasteiger partial charge >= 0.3 is 0 Å². The molecular weight excluding hydrogens is 470 g/mol. The number of nitrogens with zero attached hydrogens (tertiary/aromatic N) is 2. The lowest BCUT2D eigenvalue weighted by molar-refractivity contribution is -0.121. The Labute approximate surface area is 224 Å². The van der Waals surface area contributed by atoms with Crippen LogP contribution in [0.5, 0.6) is 5.75 Å². The van der Waals surface area contributed by atoms with E-state index in [2.05, 4.69) is 66.2 Å². The van der Waals surface area contributed by atoms with Crippen LogP contribution in [0.15, 0.2) is 97.1 Å². The smallest absolute Gasteiger partial charge is 0.224 e. The summed E-state index contributed by atoms with van der Waals surface area (Å²) in [6.07, 6.45) is 0.315. The first-order valence-electron chi connectivity index (χ1n) is 13.1. The highest BCUT2D eigenvalue weighted by molar-refractivity contribution is 5.80. The fraction of sp³-hybridized carbons (Fsp3) is 0.212. The normalized spacial score (nSPS) is 11.9. The second-order valence-corrected chi connectivity index (χ2v) is 9.73. The van der Waals surface area contributed by atoms with Gasteiger partial charge in [0, 0.05) is 0 Å². The summed E-state index contributed by atoms with van der Waals surface area (Å²) in [5.74, 6) is 1.65. The van der Waals surface area contributed by atoms with Crippen molar-refractivity contribution in [1.29, 1.82) is 0 Å². The summed E-state index contributed by atoms with van der Waals surface area (Å²) in [7, 11) is 0. The minimum atomic E-state index is -0.250. The molecule has 4 aromatic carbocycles. The molecule has 0 spiro atoms. The molecule has 0 saturated heterocycles. The molecule has 1 unspecified atom stereocenters. The van der Waals surface area contributed by atoms with Crippen LogP contribution in [0.25, 0.3) is 22.2 Å². The maximum absolute atomic E-state index is 13.0. The SMILES string of the molecule is Cc1ccc(OCCn2c(C(C)NC(=O)Cc3ccc(-c4ccccc4)cc3)nc3ccccc32)cc1C. The van der Waals surface area contributed by atoms with Crippen LogP contribution in [-0.4, -0.2) is 22.1 Å². The van der Waals surface area contributed by atoms with Gasteiger partial charge in [-0.25, -0.2) is 4.98 Å². The number of carbonyl (C=O) groups excluding carboxylic acids is 1. The van der Waals surface area contributed by atoms with Crippen LogP contribution in [0.2, 0.25) is 0 Å². The van der Waals surface area contributed by atoms with Gasteiger partial charge in [0.15, 0.2) is 0 Å². The number of ether oxygens (including phenoxy) is 1. The highest BCUT2D eigenvalue weighted by Crippen LogP contribution is 2.23. The van der Waals surface area contributed by atoms with Gasteiger partial charge in [0.25, 0.3) is 0 Å². The van der Waals surface area contributed by atoms with Gasteiger partial charge in [-0.15, -0.1) is 0 Å². The van der Waals surface area contributed by atoms with Gasteiger partial charge in [0.05, 0.1) is 30.0 Å². The van der Waals surface area contributed by atoms with E-state index in [1.165, 1.54) is 11.1 Å². The van der Waals surface area contributed by atoms with Crippen LogP contribution < -0.4 is 10.1 Å². The van der Waals surface area contributed by atoms with Gasteiger partial charge in [0.2, 0.25) is 5.91 Å². The zero-order valence-corrected chi connectivity index (χ0v) is 22.1. The van der Waals surface area contributed by atoms with Crippen molar-refractivity contribution in [1.82, 2.24) is 14.9 Å². The Kier molecular flexibility index (Phi) is 7.55. The van der Waals surface area contributed by atoms with Crippen molar-refractivity contribution >= 4 is 16.9 Å². The van der Waals surface area contributed by atoms with Gasteiger partial charge in [-0.3, -0.25) is 4.79 Å². The molecular formula is C33H33N3O2. The Morgan fingerprint density at radius 3 is 2.34 bits per heavy atom. The van der Waals surface area contributed by atoms with Crippen molar-refractivity contribution in [3.8, 4) is 16.9 Å². The van der Waals surface area contributed by atoms with Gasteiger partial charge in [0.1, 0.15) is 18.2 Å². The number of aryl methyl sites for hydroxylation is 2. The lowest BCUT2D eigenvalue weighted by atomic mass is 10.0. The van der Waals surface area contributed by atoms with Gasteiger partial charge in [-0.05, 0) is 72.9 Å². The van der Waals surface area contributed by atoms with Crippen molar-refractivity contribution in [2.24, 2.45) is 0 Å². The molecule has 0 radical (unpaired) electrons. The maximum Gasteiger partial charge on any atom is 0.224 e. The van der Waals surface area contributed by atoms with Gasteiger partial charge in [-0.1, -0.05) is 72.8 Å². The zero-order valence-electron chi connectivity index (χ0n) is 22.1. The van der Waals surface area contributed by atoms with Gasteiger partial charge < -0.3 is 14.6 Å². The van der Waals surface area contributed by atoms with E-state index in [9.17, 15) is 4.79 Å². The van der Waals surface area contributed by atoms with Crippen molar-refractivity contribution in [3.05, 3.63) is 120 Å². The first-order valence-corrected chi connectivity index (χ1v) is 13.1. The molecule has 0 aliphatic heterocycles. The quantitative estimate of drug-likeness (QED) is 0.240. The third-order valence-corrected chi connectivity index (χ3v) is 6.94. The minimum absolute atomic E-state index is 0.0325. The highest BCUT2D eigenvalue weighted by atomic mass is 16.5. The van der Waals surface area contributed by atoms with E-state index in [1.54, 1.807) is 0 Å². The summed E-state index contributed by atoms with van der Waals surface area (Å²) in [4.78, 5) is 17.8. The first-order chi connectivity index (χ1) is 18.5. The maximum atomic E-state index is 13.0. The van der Waals surface area contributed by atoms with Crippen LogP contribution in [-0.2, 0) is 17.8 Å². The predicted molar refractivity (Wildman–Crippen MR) is 153 cm³/mol. The Morgan fingerprint density at radius 1 is 0.868 bits per heavy atom. The van der Waals surface area contributed by atoms with E-state index in [4.69, 9.17) is 9.72 Å². The van der Waals surface area contributed by atoms with E-state index in [1.807, 2.05) is 61.5 Å². The summed E-state index contributed by atoms with van der Waals surface area (Å²) in [5, 5.41) is 3.15. The van der Waals surface area contributed by atoms with Crippen molar-refractivity contribution in [2.45, 2.75) is 39.8 Å². The van der Waals surface area contributed by atoms with Crippen molar-refractivity contribution in [3.63, 3.8) is 0 Å². The number of aromatic nitrogens is 2. The molecule has 0 aliphatic rings. The largest absolute Gasteiger partial charge is 0.492 e. The number of carbonyl (C=O) groups is 1. The molecule has 0 aliphatic carbocycles. The van der Waals surface area contributed by atoms with Crippen molar-refractivity contribution in [2.75, 3.05) is 6.61 Å². The minimum Gasteiger partial charge on any atom is -0.492 e. The summed E-state index contributed by atoms with van der Waals surface area (Å²) in [6.45, 7) is 7.30. The number of fused-ring (bicyclic) bond motifs is 1. The highest BCUT2D eigenvalue weighted by Gasteiger charge is 2.19. The standard InChI is InChI=1S/C33H33N3O2/c1-23-13-18-29(21-24(23)2)38-20-19-36-31-12-8-7-11-30(31)35-33(36)25(3)34-32(37)22-26-14-16-28(17-15-26)27-9-5-4-6-10-27/h4-18,21,25H,19-20,22H2,1-3H3,(H,34,37). The average molecular weight is 504 g/mol. The third-order valence-electron chi connectivity index (χ3n) is 6.94. The molecule has 0 bridgehead atoms. The molecule has 0 fully saturated rings. The molecule has 38 heavy (non-hydrogen) atoms. The molecule has 5 aromatic rings. The van der Waals surface area contributed by atoms with Crippen LogP contribution in [0.4, 0.5) is 0 Å². The molecule has 1 N–H and O–H groups in total. The third kappa shape index (κ3) is 5.78. The molecule has 5 nitrogen and oxygen atoms in total. The molecule has 5 rings (SSSR count). The summed E-state index contributed by atoms with van der Waals surface area (Å²) < 4.78 is 8.21. The number of rotatable bonds is 9. The van der Waals surface area contributed by atoms with E-state index in [0.29, 0.717) is 19.6 Å². The monoisotopic (exact) mass is 503 g/mol. The second kappa shape index (κ2) is 11.3. The Morgan fingerprint density at radius 2 is 1.58 bits per heavy atom. The molecule has 1 aromatic heterocycles. The average Bonchev–Trinajstić information content (AvgIpc) is 3.30. The van der Waals surface area contributed by atoms with Gasteiger partial charge in [-0.2, -0.15) is 0 Å². The predicted octanol–water partition coefficient (Wildman–Crippen LogP) is 6.82. The van der Waals surface area contributed by atoms with E-state index in [0.717, 1.165) is 39.3 Å². The number of benzene rings is 4. The van der Waals surface area contributed by atoms with Crippen LogP contribution >= 0.6 is 0 Å². The van der Waals surface area contributed by atoms with Crippen LogP contribution in [0.1, 0.15) is 35.5 Å². The first kappa shape index (κ1) is 25.3. The summed E-state index contributed by atoms with van der Waals surface area (Å²) in [5.41, 5.74) is 7.68. The lowest BCUT2D eigenvalue weighted by Crippen LogP contribution is -2.30. The van der Waals surface area contributed by atoms with Crippen LogP contribution in [0.3, 0.4) is 0 Å². The summed E-state index contributed by atoms with van der Waals surface area (Å²) >= 11 is 0.